The third-order valence-electron chi connectivity index (χ3n) is 9.35. The summed E-state index contributed by atoms with van der Waals surface area (Å²) < 4.78 is 2.40. The predicted octanol–water partition coefficient (Wildman–Crippen LogP) is 12.7. The first-order valence-electron chi connectivity index (χ1n) is 16.4. The van der Waals surface area contributed by atoms with Gasteiger partial charge in [0.05, 0.1) is 11.0 Å². The fourth-order valence-corrected chi connectivity index (χ4v) is 7.11. The van der Waals surface area contributed by atoms with E-state index in [4.69, 9.17) is 0 Å². The van der Waals surface area contributed by atoms with Gasteiger partial charge in [-0.3, -0.25) is 0 Å². The number of para-hydroxylation sites is 2. The Morgan fingerprint density at radius 3 is 1.73 bits per heavy atom. The molecule has 0 aliphatic heterocycles. The lowest BCUT2D eigenvalue weighted by molar-refractivity contribution is 1.18. The van der Waals surface area contributed by atoms with Crippen molar-refractivity contribution < 1.29 is 0 Å². The zero-order valence-corrected chi connectivity index (χ0v) is 26.4. The molecule has 0 radical (unpaired) electrons. The number of fused-ring (bicyclic) bond motifs is 4. The van der Waals surface area contributed by atoms with Crippen LogP contribution in [-0.2, 0) is 0 Å². The van der Waals surface area contributed by atoms with Crippen molar-refractivity contribution >= 4 is 49.6 Å². The molecule has 0 saturated heterocycles. The number of benzene rings is 8. The summed E-state index contributed by atoms with van der Waals surface area (Å²) in [6.07, 6.45) is 0. The molecule has 8 aromatic carbocycles. The molecule has 0 N–H and O–H groups in total. The maximum Gasteiger partial charge on any atom is 0.0547 e. The third kappa shape index (κ3) is 4.83. The summed E-state index contributed by atoms with van der Waals surface area (Å²) in [4.78, 5) is 2.36. The summed E-state index contributed by atoms with van der Waals surface area (Å²) in [6, 6.07) is 69.9. The fourth-order valence-electron chi connectivity index (χ4n) is 7.11. The van der Waals surface area contributed by atoms with Crippen LogP contribution in [0.4, 0.5) is 17.1 Å². The molecule has 0 bridgehead atoms. The van der Waals surface area contributed by atoms with E-state index in [1.807, 2.05) is 0 Å². The SMILES string of the molecule is c1ccc(-c2ccc(N(c3ccccc3)c3ccc4c(c3)c3c(-c5ccc6ccccc6c5)cccc3n4-c3ccccc3)cc2)cc1. The molecule has 2 nitrogen and oxygen atoms in total. The van der Waals surface area contributed by atoms with Gasteiger partial charge in [-0.25, -0.2) is 0 Å². The van der Waals surface area contributed by atoms with Crippen molar-refractivity contribution in [3.63, 3.8) is 0 Å². The molecule has 0 amide bonds. The van der Waals surface area contributed by atoms with Crippen LogP contribution in [0.2, 0.25) is 0 Å². The van der Waals surface area contributed by atoms with E-state index in [2.05, 4.69) is 204 Å². The lowest BCUT2D eigenvalue weighted by atomic mass is 9.97. The van der Waals surface area contributed by atoms with Gasteiger partial charge in [0.2, 0.25) is 0 Å². The average Bonchev–Trinajstić information content (AvgIpc) is 3.50. The Morgan fingerprint density at radius 2 is 0.958 bits per heavy atom. The topological polar surface area (TPSA) is 8.17 Å². The largest absolute Gasteiger partial charge is 0.310 e. The molecule has 0 saturated carbocycles. The van der Waals surface area contributed by atoms with Gasteiger partial charge in [0.25, 0.3) is 0 Å². The van der Waals surface area contributed by atoms with E-state index in [1.165, 1.54) is 54.8 Å². The summed E-state index contributed by atoms with van der Waals surface area (Å²) in [5.41, 5.74) is 11.7. The van der Waals surface area contributed by atoms with Crippen LogP contribution in [0.3, 0.4) is 0 Å². The summed E-state index contributed by atoms with van der Waals surface area (Å²) >= 11 is 0. The van der Waals surface area contributed by atoms with Gasteiger partial charge in [-0.2, -0.15) is 0 Å². The van der Waals surface area contributed by atoms with E-state index in [0.717, 1.165) is 22.7 Å². The Labute approximate surface area is 280 Å². The Hall–Kier alpha value is -6.38. The van der Waals surface area contributed by atoms with E-state index in [1.54, 1.807) is 0 Å². The zero-order chi connectivity index (χ0) is 31.9. The molecule has 9 rings (SSSR count). The van der Waals surface area contributed by atoms with Gasteiger partial charge >= 0.3 is 0 Å². The van der Waals surface area contributed by atoms with Crippen molar-refractivity contribution in [2.24, 2.45) is 0 Å². The fraction of sp³-hybridized carbons (Fsp3) is 0. The van der Waals surface area contributed by atoms with Crippen molar-refractivity contribution in [3.8, 4) is 27.9 Å². The molecule has 48 heavy (non-hydrogen) atoms. The second-order valence-electron chi connectivity index (χ2n) is 12.2. The highest BCUT2D eigenvalue weighted by molar-refractivity contribution is 6.17. The second kappa shape index (κ2) is 11.8. The van der Waals surface area contributed by atoms with Crippen molar-refractivity contribution in [1.82, 2.24) is 4.57 Å². The molecule has 0 unspecified atom stereocenters. The van der Waals surface area contributed by atoms with Crippen molar-refractivity contribution in [3.05, 3.63) is 194 Å². The Balaban J connectivity index is 1.28. The maximum atomic E-state index is 2.40. The van der Waals surface area contributed by atoms with Crippen LogP contribution < -0.4 is 4.90 Å². The molecular weight excluding hydrogens is 581 g/mol. The van der Waals surface area contributed by atoms with Gasteiger partial charge in [-0.1, -0.05) is 127 Å². The number of aromatic nitrogens is 1. The van der Waals surface area contributed by atoms with Crippen LogP contribution in [0, 0.1) is 0 Å². The quantitative estimate of drug-likeness (QED) is 0.181. The molecule has 9 aromatic rings. The first kappa shape index (κ1) is 27.9. The first-order chi connectivity index (χ1) is 23.8. The monoisotopic (exact) mass is 612 g/mol. The number of nitrogens with zero attached hydrogens (tertiary/aromatic N) is 2. The molecule has 0 fully saturated rings. The molecule has 1 heterocycles. The predicted molar refractivity (Wildman–Crippen MR) is 204 cm³/mol. The molecule has 2 heteroatoms. The maximum absolute atomic E-state index is 2.40. The number of rotatable bonds is 6. The Kier molecular flexibility index (Phi) is 6.84. The van der Waals surface area contributed by atoms with E-state index in [-0.39, 0.29) is 0 Å². The molecule has 1 aromatic heterocycles. The smallest absolute Gasteiger partial charge is 0.0547 e. The Morgan fingerprint density at radius 1 is 0.354 bits per heavy atom. The van der Waals surface area contributed by atoms with Gasteiger partial charge in [0.1, 0.15) is 0 Å². The lowest BCUT2D eigenvalue weighted by Crippen LogP contribution is -2.09. The molecule has 0 aliphatic rings. The van der Waals surface area contributed by atoms with E-state index < -0.39 is 0 Å². The number of hydrogen-bond donors (Lipinski definition) is 0. The minimum atomic E-state index is 1.11. The molecule has 0 spiro atoms. The van der Waals surface area contributed by atoms with Crippen LogP contribution in [0.15, 0.2) is 194 Å². The number of anilines is 3. The van der Waals surface area contributed by atoms with Crippen molar-refractivity contribution in [2.45, 2.75) is 0 Å². The van der Waals surface area contributed by atoms with Crippen LogP contribution in [0.5, 0.6) is 0 Å². The molecule has 0 atom stereocenters. The van der Waals surface area contributed by atoms with Crippen molar-refractivity contribution in [2.75, 3.05) is 4.90 Å². The van der Waals surface area contributed by atoms with Gasteiger partial charge in [-0.15, -0.1) is 0 Å². The third-order valence-corrected chi connectivity index (χ3v) is 9.35. The van der Waals surface area contributed by atoms with Crippen LogP contribution in [-0.4, -0.2) is 4.57 Å². The minimum absolute atomic E-state index is 1.11. The average molecular weight is 613 g/mol. The number of hydrogen-bond acceptors (Lipinski definition) is 1. The molecular formula is C46H32N2. The van der Waals surface area contributed by atoms with E-state index >= 15 is 0 Å². The summed E-state index contributed by atoms with van der Waals surface area (Å²) in [6.45, 7) is 0. The van der Waals surface area contributed by atoms with Crippen molar-refractivity contribution in [1.29, 1.82) is 0 Å². The van der Waals surface area contributed by atoms with Crippen LogP contribution >= 0.6 is 0 Å². The van der Waals surface area contributed by atoms with Gasteiger partial charge in [0.15, 0.2) is 0 Å². The zero-order valence-electron chi connectivity index (χ0n) is 26.4. The van der Waals surface area contributed by atoms with E-state index in [9.17, 15) is 0 Å². The highest BCUT2D eigenvalue weighted by Crippen LogP contribution is 2.43. The highest BCUT2D eigenvalue weighted by Gasteiger charge is 2.19. The Bertz CT molecular complexity index is 2530. The standard InChI is InChI=1S/C46H32N2/c1-4-13-33(14-5-1)35-25-27-40(28-26-35)47(38-17-6-2-7-18-38)41-29-30-44-43(32-41)46-42(37-24-23-34-15-10-11-16-36(34)31-37)21-12-22-45(46)48(44)39-19-8-3-9-20-39/h1-32H. The lowest BCUT2D eigenvalue weighted by Gasteiger charge is -2.26. The molecule has 0 aliphatic carbocycles. The summed E-state index contributed by atoms with van der Waals surface area (Å²) in [5, 5.41) is 4.96. The minimum Gasteiger partial charge on any atom is -0.310 e. The van der Waals surface area contributed by atoms with E-state index in [0.29, 0.717) is 0 Å². The van der Waals surface area contributed by atoms with Gasteiger partial charge in [0, 0.05) is 33.5 Å². The molecule has 226 valence electrons. The first-order valence-corrected chi connectivity index (χ1v) is 16.4. The normalized spacial score (nSPS) is 11.3. The summed E-state index contributed by atoms with van der Waals surface area (Å²) in [5.74, 6) is 0. The highest BCUT2D eigenvalue weighted by atomic mass is 15.1. The van der Waals surface area contributed by atoms with Gasteiger partial charge < -0.3 is 9.47 Å². The second-order valence-corrected chi connectivity index (χ2v) is 12.2. The summed E-state index contributed by atoms with van der Waals surface area (Å²) in [7, 11) is 0. The van der Waals surface area contributed by atoms with Crippen LogP contribution in [0.1, 0.15) is 0 Å². The van der Waals surface area contributed by atoms with Crippen LogP contribution in [0.25, 0.3) is 60.5 Å². The van der Waals surface area contributed by atoms with Gasteiger partial charge in [-0.05, 0) is 99.8 Å².